The number of hydrazone groups is 2. The minimum atomic E-state index is -0.981. The van der Waals surface area contributed by atoms with E-state index < -0.39 is 11.8 Å². The molecule has 0 heterocycles. The van der Waals surface area contributed by atoms with Gasteiger partial charge in [-0.1, -0.05) is 31.9 Å². The van der Waals surface area contributed by atoms with Gasteiger partial charge in [0.15, 0.2) is 0 Å². The van der Waals surface area contributed by atoms with Crippen LogP contribution in [0.1, 0.15) is 25.0 Å². The van der Waals surface area contributed by atoms with Crippen molar-refractivity contribution in [2.75, 3.05) is 13.2 Å². The van der Waals surface area contributed by atoms with E-state index >= 15 is 0 Å². The lowest BCUT2D eigenvalue weighted by molar-refractivity contribution is -0.139. The molecule has 0 aromatic heterocycles. The quantitative estimate of drug-likeness (QED) is 0.227. The van der Waals surface area contributed by atoms with Crippen LogP contribution in [0.2, 0.25) is 0 Å². The van der Waals surface area contributed by atoms with Crippen molar-refractivity contribution in [1.82, 2.24) is 10.9 Å². The molecule has 0 spiro atoms. The molecular weight excluding hydrogens is 680 g/mol. The molecule has 0 fully saturated rings. The van der Waals surface area contributed by atoms with E-state index in [-0.39, 0.29) is 0 Å². The Bertz CT molecular complexity index is 977. The van der Waals surface area contributed by atoms with E-state index in [0.717, 1.165) is 17.9 Å². The lowest BCUT2D eigenvalue weighted by atomic mass is 10.2. The molecule has 0 aliphatic heterocycles. The molecule has 0 bridgehead atoms. The molecule has 0 atom stereocenters. The summed E-state index contributed by atoms with van der Waals surface area (Å²) >= 11 is 13.6. The number of benzene rings is 2. The van der Waals surface area contributed by atoms with Crippen molar-refractivity contribution >= 4 is 88.0 Å². The van der Waals surface area contributed by atoms with E-state index in [4.69, 9.17) is 9.47 Å². The number of nitrogens with one attached hydrogen (secondary N) is 2. The van der Waals surface area contributed by atoms with Crippen LogP contribution in [0.4, 0.5) is 0 Å². The van der Waals surface area contributed by atoms with Gasteiger partial charge in [0, 0.05) is 20.1 Å². The predicted octanol–water partition coefficient (Wildman–Crippen LogP) is 5.13. The minimum Gasteiger partial charge on any atom is -0.492 e. The molecule has 32 heavy (non-hydrogen) atoms. The number of nitrogens with zero attached hydrogens (tertiary/aromatic N) is 2. The zero-order chi connectivity index (χ0) is 23.7. The van der Waals surface area contributed by atoms with Crippen LogP contribution in [0, 0.1) is 0 Å². The van der Waals surface area contributed by atoms with E-state index in [1.165, 1.54) is 12.4 Å². The topological polar surface area (TPSA) is 101 Å². The van der Waals surface area contributed by atoms with Crippen LogP contribution in [-0.4, -0.2) is 37.5 Å². The van der Waals surface area contributed by atoms with E-state index in [9.17, 15) is 9.59 Å². The van der Waals surface area contributed by atoms with E-state index in [1.54, 1.807) is 12.1 Å². The van der Waals surface area contributed by atoms with Gasteiger partial charge in [-0.25, -0.2) is 10.9 Å². The number of halogens is 4. The lowest BCUT2D eigenvalue weighted by Crippen LogP contribution is -2.35. The Labute approximate surface area is 218 Å². The summed E-state index contributed by atoms with van der Waals surface area (Å²) in [4.78, 5) is 24.0. The van der Waals surface area contributed by atoms with Crippen molar-refractivity contribution in [2.45, 2.75) is 13.8 Å². The molecular formula is C20H18Br4N4O4. The van der Waals surface area contributed by atoms with Crippen molar-refractivity contribution < 1.29 is 19.1 Å². The van der Waals surface area contributed by atoms with Gasteiger partial charge in [0.2, 0.25) is 0 Å². The Morgan fingerprint density at radius 1 is 0.781 bits per heavy atom. The summed E-state index contributed by atoms with van der Waals surface area (Å²) in [6.45, 7) is 4.61. The SMILES string of the molecule is CCOc1c(Br)cc(Br)cc1C=NNC(=O)C(=O)NN=Cc1cc(Br)cc(Br)c1OCC. The second-order valence-corrected chi connectivity index (χ2v) is 9.42. The fourth-order valence-corrected chi connectivity index (χ4v) is 5.11. The van der Waals surface area contributed by atoms with Crippen molar-refractivity contribution in [3.8, 4) is 11.5 Å². The number of hydrogen-bond donors (Lipinski definition) is 2. The van der Waals surface area contributed by atoms with Gasteiger partial charge in [-0.15, -0.1) is 0 Å². The fraction of sp³-hybridized carbons (Fsp3) is 0.200. The van der Waals surface area contributed by atoms with Gasteiger partial charge >= 0.3 is 11.8 Å². The zero-order valence-corrected chi connectivity index (χ0v) is 23.3. The third-order valence-corrected chi connectivity index (χ3v) is 5.69. The highest BCUT2D eigenvalue weighted by Gasteiger charge is 2.13. The Kier molecular flexibility index (Phi) is 10.8. The number of amides is 2. The summed E-state index contributed by atoms with van der Waals surface area (Å²) < 4.78 is 14.2. The molecule has 2 rings (SSSR count). The monoisotopic (exact) mass is 694 g/mol. The smallest absolute Gasteiger partial charge is 0.331 e. The number of hydrogen-bond acceptors (Lipinski definition) is 6. The van der Waals surface area contributed by atoms with Crippen LogP contribution < -0.4 is 20.3 Å². The highest BCUT2D eigenvalue weighted by Crippen LogP contribution is 2.33. The maximum Gasteiger partial charge on any atom is 0.331 e. The van der Waals surface area contributed by atoms with Crippen LogP contribution >= 0.6 is 63.7 Å². The van der Waals surface area contributed by atoms with Gasteiger partial charge in [0.1, 0.15) is 11.5 Å². The molecule has 2 aromatic rings. The highest BCUT2D eigenvalue weighted by atomic mass is 79.9. The van der Waals surface area contributed by atoms with E-state index in [2.05, 4.69) is 84.8 Å². The number of carbonyl (C=O) groups is 2. The number of rotatable bonds is 8. The maximum atomic E-state index is 12.0. The zero-order valence-electron chi connectivity index (χ0n) is 16.9. The average Bonchev–Trinajstić information content (AvgIpc) is 2.72. The van der Waals surface area contributed by atoms with Crippen molar-refractivity contribution in [1.29, 1.82) is 0 Å². The van der Waals surface area contributed by atoms with E-state index in [0.29, 0.717) is 35.8 Å². The minimum absolute atomic E-state index is 0.452. The molecule has 2 N–H and O–H groups in total. The first-order valence-corrected chi connectivity index (χ1v) is 12.3. The first-order chi connectivity index (χ1) is 15.3. The van der Waals surface area contributed by atoms with Gasteiger partial charge in [-0.2, -0.15) is 10.2 Å². The fourth-order valence-electron chi connectivity index (χ4n) is 2.37. The summed E-state index contributed by atoms with van der Waals surface area (Å²) in [5.41, 5.74) is 5.53. The normalized spacial score (nSPS) is 11.1. The van der Waals surface area contributed by atoms with Gasteiger partial charge in [-0.3, -0.25) is 9.59 Å². The first-order valence-electron chi connectivity index (χ1n) is 9.16. The van der Waals surface area contributed by atoms with Crippen molar-refractivity contribution in [3.63, 3.8) is 0 Å². The van der Waals surface area contributed by atoms with Gasteiger partial charge in [-0.05, 0) is 70.0 Å². The van der Waals surface area contributed by atoms with Gasteiger partial charge in [0.25, 0.3) is 0 Å². The Morgan fingerprint density at radius 3 is 1.50 bits per heavy atom. The number of carbonyl (C=O) groups excluding carboxylic acids is 2. The molecule has 2 amide bonds. The van der Waals surface area contributed by atoms with Crippen LogP contribution in [0.25, 0.3) is 0 Å². The van der Waals surface area contributed by atoms with Gasteiger partial charge < -0.3 is 9.47 Å². The third-order valence-electron chi connectivity index (χ3n) is 3.60. The second-order valence-electron chi connectivity index (χ2n) is 5.88. The Hall–Kier alpha value is -1.76. The third kappa shape index (κ3) is 7.68. The average molecular weight is 698 g/mol. The summed E-state index contributed by atoms with van der Waals surface area (Å²) in [5, 5.41) is 7.65. The summed E-state index contributed by atoms with van der Waals surface area (Å²) in [6, 6.07) is 7.18. The first kappa shape index (κ1) is 26.5. The van der Waals surface area contributed by atoms with Crippen LogP contribution in [-0.2, 0) is 9.59 Å². The molecule has 170 valence electrons. The molecule has 0 saturated heterocycles. The molecule has 0 saturated carbocycles. The largest absolute Gasteiger partial charge is 0.492 e. The molecule has 0 radical (unpaired) electrons. The van der Waals surface area contributed by atoms with Crippen LogP contribution in [0.15, 0.2) is 52.4 Å². The van der Waals surface area contributed by atoms with Crippen LogP contribution in [0.3, 0.4) is 0 Å². The second kappa shape index (κ2) is 13.1. The maximum absolute atomic E-state index is 12.0. The summed E-state index contributed by atoms with van der Waals surface area (Å²) in [7, 11) is 0. The predicted molar refractivity (Wildman–Crippen MR) is 137 cm³/mol. The molecule has 2 aromatic carbocycles. The molecule has 0 unspecified atom stereocenters. The summed E-state index contributed by atoms with van der Waals surface area (Å²) in [5.74, 6) is -0.835. The Balaban J connectivity index is 2.03. The summed E-state index contributed by atoms with van der Waals surface area (Å²) in [6.07, 6.45) is 2.75. The lowest BCUT2D eigenvalue weighted by Gasteiger charge is -2.10. The van der Waals surface area contributed by atoms with Crippen molar-refractivity contribution in [3.05, 3.63) is 53.3 Å². The molecule has 8 nitrogen and oxygen atoms in total. The number of ether oxygens (including phenoxy) is 2. The van der Waals surface area contributed by atoms with Gasteiger partial charge in [0.05, 0.1) is 34.6 Å². The standard InChI is InChI=1S/C20H18Br4N4O4/c1-3-31-17-11(5-13(21)7-15(17)23)9-25-27-19(29)20(30)28-26-10-12-6-14(22)8-16(24)18(12)32-4-2/h5-10H,3-4H2,1-2H3,(H,27,29)(H,28,30). The molecule has 0 aliphatic rings. The molecule has 12 heteroatoms. The van der Waals surface area contributed by atoms with Crippen molar-refractivity contribution in [2.24, 2.45) is 10.2 Å². The molecule has 0 aliphatic carbocycles. The van der Waals surface area contributed by atoms with E-state index in [1.807, 2.05) is 26.0 Å². The van der Waals surface area contributed by atoms with Crippen LogP contribution in [0.5, 0.6) is 11.5 Å². The highest BCUT2D eigenvalue weighted by molar-refractivity contribution is 9.11. The Morgan fingerprint density at radius 2 is 1.16 bits per heavy atom.